The number of nitrogens with one attached hydrogen (secondary N) is 2. The third-order valence-electron chi connectivity index (χ3n) is 11.7. The summed E-state index contributed by atoms with van der Waals surface area (Å²) in [6.07, 6.45) is 1.53. The first-order valence-corrected chi connectivity index (χ1v) is 19.4. The van der Waals surface area contributed by atoms with Gasteiger partial charge in [0.2, 0.25) is 0 Å². The molecule has 3 aromatic heterocycles. The van der Waals surface area contributed by atoms with Crippen LogP contribution in [0.25, 0.3) is 78.3 Å². The molecule has 2 aliphatic heterocycles. The van der Waals surface area contributed by atoms with Gasteiger partial charge in [0.15, 0.2) is 11.1 Å². The molecule has 60 heavy (non-hydrogen) atoms. The molecule has 0 radical (unpaired) electrons. The van der Waals surface area contributed by atoms with Gasteiger partial charge >= 0.3 is 11.9 Å². The van der Waals surface area contributed by atoms with E-state index in [1.165, 1.54) is 20.3 Å². The Hall–Kier alpha value is -7.92. The van der Waals surface area contributed by atoms with Crippen LogP contribution in [0.2, 0.25) is 0 Å². The number of rotatable bonds is 7. The van der Waals surface area contributed by atoms with Crippen LogP contribution in [0, 0.1) is 15.5 Å². The number of carbonyl (C=O) groups excluding carboxylic acids is 2. The van der Waals surface area contributed by atoms with Crippen LogP contribution >= 0.6 is 0 Å². The third kappa shape index (κ3) is 5.50. The van der Waals surface area contributed by atoms with Crippen LogP contribution in [0.15, 0.2) is 146 Å². The van der Waals surface area contributed by atoms with Gasteiger partial charge in [-0.05, 0) is 46.5 Å². The quantitative estimate of drug-likeness (QED) is 0.0701. The van der Waals surface area contributed by atoms with Crippen molar-refractivity contribution in [2.75, 3.05) is 14.2 Å². The van der Waals surface area contributed by atoms with Crippen LogP contribution in [0.4, 0.5) is 0 Å². The molecule has 0 saturated heterocycles. The molecule has 1 aliphatic carbocycles. The summed E-state index contributed by atoms with van der Waals surface area (Å²) < 4.78 is 10.9. The average molecular weight is 790 g/mol. The minimum Gasteiger partial charge on any atom is -0.468 e. The van der Waals surface area contributed by atoms with E-state index < -0.39 is 34.1 Å². The van der Waals surface area contributed by atoms with Crippen LogP contribution in [0.5, 0.6) is 0 Å². The van der Waals surface area contributed by atoms with Crippen LogP contribution in [-0.4, -0.2) is 51.0 Å². The summed E-state index contributed by atoms with van der Waals surface area (Å²) >= 11 is 0. The first-order chi connectivity index (χ1) is 29.3. The van der Waals surface area contributed by atoms with Crippen molar-refractivity contribution in [2.24, 2.45) is 5.41 Å². The van der Waals surface area contributed by atoms with Gasteiger partial charge in [-0.1, -0.05) is 121 Å². The molecule has 7 aromatic rings. The fraction of sp³-hybridized carbons (Fsp3) is 0.102. The monoisotopic (exact) mass is 789 g/mol. The molecule has 5 heterocycles. The minimum absolute atomic E-state index is 0.158. The Labute approximate surface area is 343 Å². The number of carbonyl (C=O) groups is 2. The Bertz CT molecular complexity index is 3070. The molecule has 3 aliphatic rings. The highest BCUT2D eigenvalue weighted by atomic mass is 16.6. The standard InChI is InChI=1S/C49H35N5O6/c1-59-47(55)49(48(56)60-2)42-43(49)46-41(31-21-13-6-14-22-31)35-26-25-33(51-35)39(29-17-9-4-10-18-29)44-37(54(57)58)27-36(52-44)38(28-15-7-3-8-16-28)32-23-24-34(50-32)40(45(42)53-46)30-19-11-5-12-20-30/h3-27,42-43,50-51H,1-2H3. The SMILES string of the molecule is COC(=O)C1(C(=O)OC)C2c3nc(c(-c4ccccc4)c4ccc([nH]4)c(-c4ccccc4)c4nc(c(-c5ccccc5)c5ccc([nH]5)c3-c3ccccc3)C=C4[N+](=O)[O-])C21. The highest BCUT2D eigenvalue weighted by molar-refractivity contribution is 6.09. The second kappa shape index (κ2) is 14.2. The summed E-state index contributed by atoms with van der Waals surface area (Å²) in [5.74, 6) is -2.94. The molecule has 11 nitrogen and oxygen atoms in total. The van der Waals surface area contributed by atoms with Crippen LogP contribution in [0.3, 0.4) is 0 Å². The van der Waals surface area contributed by atoms with Gasteiger partial charge in [-0.3, -0.25) is 24.7 Å². The average Bonchev–Trinajstić information content (AvgIpc) is 3.87. The molecule has 10 rings (SSSR count). The third-order valence-corrected chi connectivity index (χ3v) is 11.7. The highest BCUT2D eigenvalue weighted by Crippen LogP contribution is 2.75. The van der Waals surface area contributed by atoms with Crippen molar-refractivity contribution in [2.45, 2.75) is 11.8 Å². The van der Waals surface area contributed by atoms with E-state index in [1.807, 2.05) is 146 Å². The van der Waals surface area contributed by atoms with Crippen molar-refractivity contribution in [3.63, 3.8) is 0 Å². The Kier molecular flexibility index (Phi) is 8.60. The van der Waals surface area contributed by atoms with Gasteiger partial charge in [0.1, 0.15) is 0 Å². The predicted molar refractivity (Wildman–Crippen MR) is 230 cm³/mol. The van der Waals surface area contributed by atoms with Crippen molar-refractivity contribution < 1.29 is 24.0 Å². The Balaban J connectivity index is 1.47. The second-order valence-electron chi connectivity index (χ2n) is 14.9. The Morgan fingerprint density at radius 1 is 0.550 bits per heavy atom. The number of hydrogen-bond acceptors (Lipinski definition) is 8. The molecule has 4 aromatic carbocycles. The highest BCUT2D eigenvalue weighted by Gasteiger charge is 2.81. The number of aromatic nitrogens is 4. The molecule has 2 atom stereocenters. The molecule has 2 unspecified atom stereocenters. The van der Waals surface area contributed by atoms with E-state index in [9.17, 15) is 19.7 Å². The number of nitro groups is 1. The first kappa shape index (κ1) is 36.4. The molecule has 11 heteroatoms. The van der Waals surface area contributed by atoms with Gasteiger partial charge in [-0.25, -0.2) is 4.98 Å². The van der Waals surface area contributed by atoms with E-state index in [4.69, 9.17) is 19.4 Å². The molecular formula is C49H35N5O6. The van der Waals surface area contributed by atoms with Crippen LogP contribution in [0.1, 0.15) is 34.6 Å². The van der Waals surface area contributed by atoms with E-state index in [1.54, 1.807) is 0 Å². The lowest BCUT2D eigenvalue weighted by Gasteiger charge is -2.17. The second-order valence-corrected chi connectivity index (χ2v) is 14.9. The van der Waals surface area contributed by atoms with Crippen molar-refractivity contribution in [1.82, 2.24) is 19.9 Å². The van der Waals surface area contributed by atoms with Crippen LogP contribution in [-0.2, 0) is 19.1 Å². The summed E-state index contributed by atoms with van der Waals surface area (Å²) in [6, 6.07) is 45.9. The Morgan fingerprint density at radius 3 is 1.32 bits per heavy atom. The van der Waals surface area contributed by atoms with E-state index in [-0.39, 0.29) is 11.4 Å². The molecule has 8 bridgehead atoms. The van der Waals surface area contributed by atoms with Gasteiger partial charge < -0.3 is 19.4 Å². The van der Waals surface area contributed by atoms with Gasteiger partial charge in [0, 0.05) is 62.2 Å². The zero-order valence-corrected chi connectivity index (χ0v) is 32.4. The van der Waals surface area contributed by atoms with Gasteiger partial charge in [0.05, 0.1) is 36.2 Å². The number of benzene rings is 4. The number of ether oxygens (including phenoxy) is 2. The number of methoxy groups -OCH3 is 2. The molecule has 292 valence electrons. The summed E-state index contributed by atoms with van der Waals surface area (Å²) in [5, 5.41) is 13.1. The van der Waals surface area contributed by atoms with Crippen molar-refractivity contribution in [3.05, 3.63) is 178 Å². The molecule has 2 N–H and O–H groups in total. The number of nitrogens with zero attached hydrogens (tertiary/aromatic N) is 3. The van der Waals surface area contributed by atoms with Gasteiger partial charge in [-0.15, -0.1) is 0 Å². The van der Waals surface area contributed by atoms with Crippen molar-refractivity contribution in [1.29, 1.82) is 0 Å². The van der Waals surface area contributed by atoms with Gasteiger partial charge in [-0.2, -0.15) is 0 Å². The predicted octanol–water partition coefficient (Wildman–Crippen LogP) is 9.97. The van der Waals surface area contributed by atoms with Crippen molar-refractivity contribution in [3.8, 4) is 44.5 Å². The van der Waals surface area contributed by atoms with Crippen molar-refractivity contribution >= 4 is 45.8 Å². The lowest BCUT2D eigenvalue weighted by atomic mass is 9.93. The lowest BCUT2D eigenvalue weighted by molar-refractivity contribution is -0.374. The maximum Gasteiger partial charge on any atom is 0.324 e. The number of aromatic amines is 2. The van der Waals surface area contributed by atoms with E-state index in [2.05, 4.69) is 9.97 Å². The largest absolute Gasteiger partial charge is 0.468 e. The normalized spacial score (nSPS) is 16.0. The zero-order valence-electron chi connectivity index (χ0n) is 32.4. The fourth-order valence-corrected chi connectivity index (χ4v) is 9.15. The van der Waals surface area contributed by atoms with E-state index >= 15 is 0 Å². The summed E-state index contributed by atoms with van der Waals surface area (Å²) in [5.41, 5.74) is 7.67. The van der Waals surface area contributed by atoms with E-state index in [0.717, 1.165) is 16.7 Å². The summed E-state index contributed by atoms with van der Waals surface area (Å²) in [7, 11) is 2.55. The summed E-state index contributed by atoms with van der Waals surface area (Å²) in [4.78, 5) is 58.9. The first-order valence-electron chi connectivity index (χ1n) is 19.4. The number of hydrogen-bond donors (Lipinski definition) is 2. The smallest absolute Gasteiger partial charge is 0.324 e. The number of esters is 2. The molecule has 1 saturated carbocycles. The number of fused-ring (bicyclic) bond motifs is 11. The summed E-state index contributed by atoms with van der Waals surface area (Å²) in [6.45, 7) is 0. The van der Waals surface area contributed by atoms with E-state index in [0.29, 0.717) is 67.0 Å². The fourth-order valence-electron chi connectivity index (χ4n) is 9.15. The maximum atomic E-state index is 14.2. The molecule has 1 fully saturated rings. The lowest BCUT2D eigenvalue weighted by Crippen LogP contribution is -2.32. The van der Waals surface area contributed by atoms with Gasteiger partial charge in [0.25, 0.3) is 5.70 Å². The van der Waals surface area contributed by atoms with Crippen LogP contribution < -0.4 is 0 Å². The topological polar surface area (TPSA) is 153 Å². The maximum absolute atomic E-state index is 14.2. The Morgan fingerprint density at radius 2 is 0.917 bits per heavy atom. The molecular weight excluding hydrogens is 755 g/mol. The molecule has 0 spiro atoms. The molecule has 0 amide bonds. The number of H-pyrrole nitrogens is 2. The minimum atomic E-state index is -1.73. The zero-order chi connectivity index (χ0) is 41.1.